The Morgan fingerprint density at radius 3 is 2.41 bits per heavy atom. The molecule has 0 amide bonds. The molecule has 0 bridgehead atoms. The van der Waals surface area contributed by atoms with Gasteiger partial charge in [-0.25, -0.2) is 4.98 Å². The third kappa shape index (κ3) is 4.42. The van der Waals surface area contributed by atoms with Crippen molar-refractivity contribution in [3.8, 4) is 11.5 Å². The molecule has 150 valence electrons. The second kappa shape index (κ2) is 7.62. The van der Waals surface area contributed by atoms with Crippen LogP contribution in [-0.4, -0.2) is 23.2 Å². The molecule has 0 saturated carbocycles. The van der Waals surface area contributed by atoms with Crippen LogP contribution in [0.5, 0.6) is 11.5 Å². The Morgan fingerprint density at radius 1 is 0.862 bits per heavy atom. The van der Waals surface area contributed by atoms with Gasteiger partial charge in [-0.15, -0.1) is 0 Å². The van der Waals surface area contributed by atoms with Crippen LogP contribution >= 0.6 is 0 Å². The van der Waals surface area contributed by atoms with Crippen LogP contribution in [0.15, 0.2) is 48.5 Å². The molecule has 1 aromatic heterocycles. The predicted octanol–water partition coefficient (Wildman–Crippen LogP) is 5.34. The summed E-state index contributed by atoms with van der Waals surface area (Å²) in [6.07, 6.45) is 0. The zero-order valence-electron chi connectivity index (χ0n) is 17.2. The van der Waals surface area contributed by atoms with Gasteiger partial charge in [0.05, 0.1) is 0 Å². The molecule has 2 N–H and O–H groups in total. The maximum atomic E-state index is 5.66. The number of ether oxygens (including phenoxy) is 2. The largest absolute Gasteiger partial charge is 0.486 e. The zero-order valence-corrected chi connectivity index (χ0v) is 17.2. The lowest BCUT2D eigenvalue weighted by molar-refractivity contribution is 0.171. The van der Waals surface area contributed by atoms with E-state index in [1.807, 2.05) is 37.3 Å². The first kappa shape index (κ1) is 19.1. The number of fused-ring (bicyclic) bond motifs is 1. The molecule has 6 heteroatoms. The van der Waals surface area contributed by atoms with E-state index in [0.717, 1.165) is 28.6 Å². The number of para-hydroxylation sites is 1. The topological polar surface area (TPSA) is 68.3 Å². The van der Waals surface area contributed by atoms with Gasteiger partial charge in [0.1, 0.15) is 19.0 Å². The number of nitrogens with zero attached hydrogens (tertiary/aromatic N) is 2. The maximum Gasteiger partial charge on any atom is 0.229 e. The van der Waals surface area contributed by atoms with Gasteiger partial charge in [-0.1, -0.05) is 39.0 Å². The van der Waals surface area contributed by atoms with Crippen LogP contribution < -0.4 is 20.1 Å². The van der Waals surface area contributed by atoms with E-state index in [1.165, 1.54) is 5.56 Å². The number of aryl methyl sites for hydroxylation is 1. The Bertz CT molecular complexity index is 1030. The molecule has 1 aliphatic heterocycles. The summed E-state index contributed by atoms with van der Waals surface area (Å²) in [6, 6.07) is 16.0. The van der Waals surface area contributed by atoms with Gasteiger partial charge in [0.15, 0.2) is 11.5 Å². The lowest BCUT2D eigenvalue weighted by atomic mass is 9.86. The molecule has 0 radical (unpaired) electrons. The summed E-state index contributed by atoms with van der Waals surface area (Å²) in [7, 11) is 0. The number of aromatic nitrogens is 2. The third-order valence-electron chi connectivity index (χ3n) is 4.65. The minimum Gasteiger partial charge on any atom is -0.486 e. The molecule has 0 atom stereocenters. The highest BCUT2D eigenvalue weighted by atomic mass is 16.6. The quantitative estimate of drug-likeness (QED) is 0.627. The Labute approximate surface area is 171 Å². The van der Waals surface area contributed by atoms with E-state index >= 15 is 0 Å². The normalized spacial score (nSPS) is 13.1. The van der Waals surface area contributed by atoms with E-state index in [4.69, 9.17) is 9.47 Å². The number of rotatable bonds is 4. The Hall–Kier alpha value is -3.28. The third-order valence-corrected chi connectivity index (χ3v) is 4.65. The number of hydrogen-bond acceptors (Lipinski definition) is 6. The SMILES string of the molecule is Cc1cc(Nc2ccc3c(c2)OCCO3)nc(Nc2ccccc2C(C)(C)C)n1. The van der Waals surface area contributed by atoms with Gasteiger partial charge in [-0.05, 0) is 36.1 Å². The summed E-state index contributed by atoms with van der Waals surface area (Å²) in [4.78, 5) is 9.21. The molecular weight excluding hydrogens is 364 g/mol. The first-order valence-electron chi connectivity index (χ1n) is 9.77. The van der Waals surface area contributed by atoms with Crippen LogP contribution in [-0.2, 0) is 5.41 Å². The van der Waals surface area contributed by atoms with Crippen LogP contribution in [0.1, 0.15) is 32.0 Å². The van der Waals surface area contributed by atoms with Crippen molar-refractivity contribution in [1.29, 1.82) is 0 Å². The molecule has 0 unspecified atom stereocenters. The standard InChI is InChI=1S/C23H26N4O2/c1-15-13-21(25-16-9-10-19-20(14-16)29-12-11-28-19)27-22(24-15)26-18-8-6-5-7-17(18)23(2,3)4/h5-10,13-14H,11-12H2,1-4H3,(H2,24,25,26,27). The fourth-order valence-corrected chi connectivity index (χ4v) is 3.32. The highest BCUT2D eigenvalue weighted by Crippen LogP contribution is 2.34. The van der Waals surface area contributed by atoms with Gasteiger partial charge in [0.25, 0.3) is 0 Å². The molecule has 1 aliphatic rings. The van der Waals surface area contributed by atoms with E-state index in [2.05, 4.69) is 59.6 Å². The van der Waals surface area contributed by atoms with Crippen molar-refractivity contribution in [2.24, 2.45) is 0 Å². The van der Waals surface area contributed by atoms with E-state index in [9.17, 15) is 0 Å². The molecule has 2 heterocycles. The minimum absolute atomic E-state index is 0.0136. The fraction of sp³-hybridized carbons (Fsp3) is 0.304. The summed E-state index contributed by atoms with van der Waals surface area (Å²) in [5.41, 5.74) is 3.99. The number of nitrogens with one attached hydrogen (secondary N) is 2. The summed E-state index contributed by atoms with van der Waals surface area (Å²) in [6.45, 7) is 9.68. The van der Waals surface area contributed by atoms with Gasteiger partial charge in [-0.2, -0.15) is 4.98 Å². The molecule has 6 nitrogen and oxygen atoms in total. The van der Waals surface area contributed by atoms with Crippen LogP contribution in [0.4, 0.5) is 23.1 Å². The predicted molar refractivity (Wildman–Crippen MR) is 116 cm³/mol. The first-order valence-corrected chi connectivity index (χ1v) is 9.77. The highest BCUT2D eigenvalue weighted by Gasteiger charge is 2.18. The van der Waals surface area contributed by atoms with E-state index in [1.54, 1.807) is 0 Å². The van der Waals surface area contributed by atoms with E-state index in [-0.39, 0.29) is 5.41 Å². The van der Waals surface area contributed by atoms with Crippen molar-refractivity contribution in [3.63, 3.8) is 0 Å². The summed E-state index contributed by atoms with van der Waals surface area (Å²) in [5, 5.41) is 6.73. The van der Waals surface area contributed by atoms with E-state index < -0.39 is 0 Å². The monoisotopic (exact) mass is 390 g/mol. The summed E-state index contributed by atoms with van der Waals surface area (Å²) < 4.78 is 11.2. The van der Waals surface area contributed by atoms with Gasteiger partial charge in [-0.3, -0.25) is 0 Å². The molecule has 29 heavy (non-hydrogen) atoms. The molecule has 0 aliphatic carbocycles. The highest BCUT2D eigenvalue weighted by molar-refractivity contribution is 5.65. The van der Waals surface area contributed by atoms with Crippen molar-refractivity contribution in [2.75, 3.05) is 23.8 Å². The molecule has 2 aromatic carbocycles. The van der Waals surface area contributed by atoms with Crippen molar-refractivity contribution in [3.05, 3.63) is 59.8 Å². The lowest BCUT2D eigenvalue weighted by Gasteiger charge is -2.23. The maximum absolute atomic E-state index is 5.66. The minimum atomic E-state index is 0.0136. The van der Waals surface area contributed by atoms with Crippen LogP contribution in [0.25, 0.3) is 0 Å². The van der Waals surface area contributed by atoms with Crippen molar-refractivity contribution in [1.82, 2.24) is 9.97 Å². The molecule has 0 fully saturated rings. The van der Waals surface area contributed by atoms with Crippen LogP contribution in [0.3, 0.4) is 0 Å². The number of hydrogen-bond donors (Lipinski definition) is 2. The summed E-state index contributed by atoms with van der Waals surface area (Å²) in [5.74, 6) is 2.78. The lowest BCUT2D eigenvalue weighted by Crippen LogP contribution is -2.15. The molecule has 4 rings (SSSR count). The Kier molecular flexibility index (Phi) is 5.01. The van der Waals surface area contributed by atoms with Crippen LogP contribution in [0, 0.1) is 6.92 Å². The van der Waals surface area contributed by atoms with Gasteiger partial charge < -0.3 is 20.1 Å². The fourth-order valence-electron chi connectivity index (χ4n) is 3.32. The Morgan fingerprint density at radius 2 is 1.62 bits per heavy atom. The smallest absolute Gasteiger partial charge is 0.229 e. The van der Waals surface area contributed by atoms with Crippen molar-refractivity contribution >= 4 is 23.1 Å². The van der Waals surface area contributed by atoms with Crippen molar-refractivity contribution in [2.45, 2.75) is 33.1 Å². The Balaban J connectivity index is 1.59. The molecule has 3 aromatic rings. The van der Waals surface area contributed by atoms with Gasteiger partial charge in [0.2, 0.25) is 5.95 Å². The molecule has 0 spiro atoms. The number of anilines is 4. The van der Waals surface area contributed by atoms with E-state index in [0.29, 0.717) is 25.0 Å². The first-order chi connectivity index (χ1) is 13.9. The molecular formula is C23H26N4O2. The van der Waals surface area contributed by atoms with Gasteiger partial charge >= 0.3 is 0 Å². The second-order valence-corrected chi connectivity index (χ2v) is 8.12. The van der Waals surface area contributed by atoms with Crippen LogP contribution in [0.2, 0.25) is 0 Å². The van der Waals surface area contributed by atoms with Gasteiger partial charge in [0, 0.05) is 29.2 Å². The number of benzene rings is 2. The van der Waals surface area contributed by atoms with Crippen molar-refractivity contribution < 1.29 is 9.47 Å². The second-order valence-electron chi connectivity index (χ2n) is 8.12. The molecule has 0 saturated heterocycles. The average molecular weight is 390 g/mol. The summed E-state index contributed by atoms with van der Waals surface area (Å²) >= 11 is 0. The zero-order chi connectivity index (χ0) is 20.4. The average Bonchev–Trinajstić information content (AvgIpc) is 2.67.